The molecule has 0 aliphatic heterocycles. The summed E-state index contributed by atoms with van der Waals surface area (Å²) >= 11 is 5.96. The molecule has 3 rings (SSSR count). The standard InChI is InChI=1S/C18H19ClN2O2/c1-13(2)20(11-14-6-4-3-5-7-14)12-21-16-9-8-15(19)10-17(16)23-18(21)22/h3-10,13H,11-12H2,1-2H3. The average Bonchev–Trinajstić information content (AvgIpc) is 2.82. The largest absolute Gasteiger partial charge is 0.421 e. The second-order valence-corrected chi connectivity index (χ2v) is 6.31. The van der Waals surface area contributed by atoms with Crippen LogP contribution in [0.3, 0.4) is 0 Å². The highest BCUT2D eigenvalue weighted by molar-refractivity contribution is 6.31. The molecule has 0 atom stereocenters. The van der Waals surface area contributed by atoms with Crippen LogP contribution >= 0.6 is 11.6 Å². The molecule has 1 aromatic heterocycles. The van der Waals surface area contributed by atoms with Crippen molar-refractivity contribution in [1.82, 2.24) is 9.47 Å². The minimum absolute atomic E-state index is 0.291. The van der Waals surface area contributed by atoms with Crippen molar-refractivity contribution in [3.63, 3.8) is 0 Å². The van der Waals surface area contributed by atoms with Crippen molar-refractivity contribution in [2.24, 2.45) is 0 Å². The molecule has 0 saturated carbocycles. The molecule has 0 unspecified atom stereocenters. The van der Waals surface area contributed by atoms with Crippen LogP contribution in [-0.2, 0) is 13.2 Å². The van der Waals surface area contributed by atoms with Crippen molar-refractivity contribution in [2.45, 2.75) is 33.1 Å². The molecule has 0 saturated heterocycles. The zero-order valence-electron chi connectivity index (χ0n) is 13.2. The summed E-state index contributed by atoms with van der Waals surface area (Å²) in [5.41, 5.74) is 2.49. The third kappa shape index (κ3) is 3.49. The van der Waals surface area contributed by atoms with E-state index in [1.807, 2.05) is 24.3 Å². The van der Waals surface area contributed by atoms with Crippen LogP contribution < -0.4 is 5.76 Å². The Labute approximate surface area is 139 Å². The molecule has 120 valence electrons. The molecule has 23 heavy (non-hydrogen) atoms. The number of oxazole rings is 1. The summed E-state index contributed by atoms with van der Waals surface area (Å²) in [7, 11) is 0. The molecule has 0 fully saturated rings. The number of hydrogen-bond donors (Lipinski definition) is 0. The van der Waals surface area contributed by atoms with Crippen LogP contribution in [0.15, 0.2) is 57.7 Å². The van der Waals surface area contributed by atoms with Crippen LogP contribution in [0.1, 0.15) is 19.4 Å². The lowest BCUT2D eigenvalue weighted by Crippen LogP contribution is -2.35. The smallest absolute Gasteiger partial charge is 0.408 e. The Hall–Kier alpha value is -2.04. The van der Waals surface area contributed by atoms with Crippen LogP contribution in [0.25, 0.3) is 11.1 Å². The Balaban J connectivity index is 1.91. The normalized spacial score (nSPS) is 11.7. The maximum absolute atomic E-state index is 12.2. The quantitative estimate of drug-likeness (QED) is 0.706. The van der Waals surface area contributed by atoms with E-state index >= 15 is 0 Å². The van der Waals surface area contributed by atoms with E-state index in [4.69, 9.17) is 16.0 Å². The van der Waals surface area contributed by atoms with Crippen molar-refractivity contribution < 1.29 is 4.42 Å². The van der Waals surface area contributed by atoms with Gasteiger partial charge < -0.3 is 4.42 Å². The van der Waals surface area contributed by atoms with Crippen LogP contribution in [0.2, 0.25) is 5.02 Å². The molecule has 0 aliphatic carbocycles. The van der Waals surface area contributed by atoms with Crippen LogP contribution in [0.4, 0.5) is 0 Å². The molecule has 2 aromatic carbocycles. The van der Waals surface area contributed by atoms with Crippen molar-refractivity contribution in [1.29, 1.82) is 0 Å². The molecule has 5 heteroatoms. The van der Waals surface area contributed by atoms with Gasteiger partial charge in [0.05, 0.1) is 12.2 Å². The van der Waals surface area contributed by atoms with E-state index in [9.17, 15) is 4.79 Å². The molecule has 0 aliphatic rings. The lowest BCUT2D eigenvalue weighted by molar-refractivity contribution is 0.160. The van der Waals surface area contributed by atoms with Crippen LogP contribution in [0.5, 0.6) is 0 Å². The zero-order valence-corrected chi connectivity index (χ0v) is 14.0. The Kier molecular flexibility index (Phi) is 4.55. The monoisotopic (exact) mass is 330 g/mol. The summed E-state index contributed by atoms with van der Waals surface area (Å²) in [6, 6.07) is 15.8. The Morgan fingerprint density at radius 1 is 1.17 bits per heavy atom. The van der Waals surface area contributed by atoms with Gasteiger partial charge in [-0.15, -0.1) is 0 Å². The predicted octanol–water partition coefficient (Wildman–Crippen LogP) is 4.12. The van der Waals surface area contributed by atoms with Crippen molar-refractivity contribution in [3.8, 4) is 0 Å². The van der Waals surface area contributed by atoms with Gasteiger partial charge in [-0.1, -0.05) is 41.9 Å². The SMILES string of the molecule is CC(C)N(Cc1ccccc1)Cn1c(=O)oc2cc(Cl)ccc21. The van der Waals surface area contributed by atoms with E-state index in [2.05, 4.69) is 30.9 Å². The summed E-state index contributed by atoms with van der Waals surface area (Å²) in [4.78, 5) is 14.4. The third-order valence-corrected chi connectivity index (χ3v) is 4.15. The topological polar surface area (TPSA) is 38.4 Å². The predicted molar refractivity (Wildman–Crippen MR) is 92.6 cm³/mol. The van der Waals surface area contributed by atoms with E-state index in [1.165, 1.54) is 5.56 Å². The van der Waals surface area contributed by atoms with E-state index in [0.29, 0.717) is 23.3 Å². The fourth-order valence-electron chi connectivity index (χ4n) is 2.57. The van der Waals surface area contributed by atoms with Gasteiger partial charge in [-0.25, -0.2) is 4.79 Å². The van der Waals surface area contributed by atoms with Gasteiger partial charge in [0.25, 0.3) is 0 Å². The summed E-state index contributed by atoms with van der Waals surface area (Å²) in [5.74, 6) is -0.360. The summed E-state index contributed by atoms with van der Waals surface area (Å²) in [6.45, 7) is 5.48. The van der Waals surface area contributed by atoms with Crippen LogP contribution in [0, 0.1) is 0 Å². The van der Waals surface area contributed by atoms with E-state index in [-0.39, 0.29) is 5.76 Å². The van der Waals surface area contributed by atoms with Gasteiger partial charge in [0, 0.05) is 23.7 Å². The maximum Gasteiger partial charge on any atom is 0.421 e. The van der Waals surface area contributed by atoms with E-state index in [0.717, 1.165) is 12.1 Å². The molecule has 0 spiro atoms. The third-order valence-electron chi connectivity index (χ3n) is 3.91. The first-order chi connectivity index (χ1) is 11.0. The van der Waals surface area contributed by atoms with Crippen molar-refractivity contribution >= 4 is 22.7 Å². The van der Waals surface area contributed by atoms with Gasteiger partial charge in [0.15, 0.2) is 5.58 Å². The first kappa shape index (κ1) is 15.8. The lowest BCUT2D eigenvalue weighted by Gasteiger charge is -2.26. The van der Waals surface area contributed by atoms with Gasteiger partial charge in [-0.05, 0) is 31.5 Å². The molecule has 0 radical (unpaired) electrons. The van der Waals surface area contributed by atoms with Crippen LogP contribution in [-0.4, -0.2) is 15.5 Å². The average molecular weight is 331 g/mol. The molecular formula is C18H19ClN2O2. The van der Waals surface area contributed by atoms with E-state index in [1.54, 1.807) is 16.7 Å². The fourth-order valence-corrected chi connectivity index (χ4v) is 2.73. The minimum Gasteiger partial charge on any atom is -0.408 e. The second kappa shape index (κ2) is 6.60. The Bertz CT molecular complexity index is 852. The Morgan fingerprint density at radius 2 is 1.91 bits per heavy atom. The highest BCUT2D eigenvalue weighted by atomic mass is 35.5. The molecular weight excluding hydrogens is 312 g/mol. The second-order valence-electron chi connectivity index (χ2n) is 5.88. The number of halogens is 1. The van der Waals surface area contributed by atoms with Gasteiger partial charge in [0.1, 0.15) is 0 Å². The first-order valence-electron chi connectivity index (χ1n) is 7.61. The van der Waals surface area contributed by atoms with Gasteiger partial charge in [0.2, 0.25) is 0 Å². The summed E-state index contributed by atoms with van der Waals surface area (Å²) < 4.78 is 6.95. The molecule has 3 aromatic rings. The number of fused-ring (bicyclic) bond motifs is 1. The molecule has 0 amide bonds. The van der Waals surface area contributed by atoms with Gasteiger partial charge in [-0.3, -0.25) is 9.47 Å². The number of nitrogens with zero attached hydrogens (tertiary/aromatic N) is 2. The van der Waals surface area contributed by atoms with Gasteiger partial charge in [-0.2, -0.15) is 0 Å². The number of benzene rings is 2. The van der Waals surface area contributed by atoms with Gasteiger partial charge >= 0.3 is 5.76 Å². The lowest BCUT2D eigenvalue weighted by atomic mass is 10.2. The van der Waals surface area contributed by atoms with Crippen molar-refractivity contribution in [2.75, 3.05) is 0 Å². The molecule has 0 N–H and O–H groups in total. The highest BCUT2D eigenvalue weighted by Gasteiger charge is 2.16. The fraction of sp³-hybridized carbons (Fsp3) is 0.278. The highest BCUT2D eigenvalue weighted by Crippen LogP contribution is 2.19. The Morgan fingerprint density at radius 3 is 2.61 bits per heavy atom. The number of rotatable bonds is 5. The molecule has 0 bridgehead atoms. The molecule has 1 heterocycles. The number of aromatic nitrogens is 1. The zero-order chi connectivity index (χ0) is 16.4. The number of hydrogen-bond acceptors (Lipinski definition) is 3. The van der Waals surface area contributed by atoms with Crippen molar-refractivity contribution in [3.05, 3.63) is 69.7 Å². The van der Waals surface area contributed by atoms with E-state index < -0.39 is 0 Å². The maximum atomic E-state index is 12.2. The molecule has 4 nitrogen and oxygen atoms in total. The first-order valence-corrected chi connectivity index (χ1v) is 7.99. The summed E-state index contributed by atoms with van der Waals surface area (Å²) in [5, 5.41) is 0.559. The minimum atomic E-state index is -0.360. The summed E-state index contributed by atoms with van der Waals surface area (Å²) in [6.07, 6.45) is 0.